The largest absolute Gasteiger partial charge is 0.497 e. The average molecular weight is 418 g/mol. The van der Waals surface area contributed by atoms with Crippen molar-refractivity contribution in [3.63, 3.8) is 0 Å². The maximum Gasteiger partial charge on any atom is 0.281 e. The molecule has 29 heavy (non-hydrogen) atoms. The van der Waals surface area contributed by atoms with Gasteiger partial charge in [0, 0.05) is 44.0 Å². The molecule has 1 aromatic carbocycles. The van der Waals surface area contributed by atoms with Gasteiger partial charge in [-0.3, -0.25) is 4.98 Å². The molecule has 1 atom stereocenters. The van der Waals surface area contributed by atoms with Gasteiger partial charge in [-0.1, -0.05) is 32.0 Å². The number of nitrogens with zero attached hydrogens (tertiary/aromatic N) is 3. The Balaban J connectivity index is 1.69. The maximum absolute atomic E-state index is 12.9. The van der Waals surface area contributed by atoms with Gasteiger partial charge in [0.25, 0.3) is 10.2 Å². The van der Waals surface area contributed by atoms with E-state index in [0.717, 1.165) is 36.3 Å². The number of methoxy groups -OCH3 is 1. The van der Waals surface area contributed by atoms with Crippen molar-refractivity contribution in [1.82, 2.24) is 13.6 Å². The van der Waals surface area contributed by atoms with Crippen LogP contribution in [0.25, 0.3) is 0 Å². The number of aromatic nitrogens is 1. The lowest BCUT2D eigenvalue weighted by atomic mass is 9.95. The number of ether oxygens (including phenoxy) is 1. The fraction of sp³-hybridized carbons (Fsp3) is 0.500. The minimum atomic E-state index is -3.39. The summed E-state index contributed by atoms with van der Waals surface area (Å²) in [4.78, 5) is 4.68. The lowest BCUT2D eigenvalue weighted by molar-refractivity contribution is 0.285. The third-order valence-corrected chi connectivity index (χ3v) is 7.70. The number of hydrogen-bond acceptors (Lipinski definition) is 4. The molecule has 158 valence electrons. The molecule has 3 rings (SSSR count). The van der Waals surface area contributed by atoms with Crippen LogP contribution < -0.4 is 4.74 Å². The van der Waals surface area contributed by atoms with E-state index in [1.165, 1.54) is 9.87 Å². The van der Waals surface area contributed by atoms with Crippen molar-refractivity contribution >= 4 is 10.2 Å². The fourth-order valence-electron chi connectivity index (χ4n) is 3.91. The Bertz CT molecular complexity index is 896. The highest BCUT2D eigenvalue weighted by atomic mass is 32.2. The highest BCUT2D eigenvalue weighted by Crippen LogP contribution is 2.28. The van der Waals surface area contributed by atoms with E-state index < -0.39 is 10.2 Å². The van der Waals surface area contributed by atoms with E-state index in [1.54, 1.807) is 11.4 Å². The topological polar surface area (TPSA) is 62.7 Å². The Kier molecular flexibility index (Phi) is 7.27. The van der Waals surface area contributed by atoms with Crippen molar-refractivity contribution in [3.05, 3.63) is 59.4 Å². The van der Waals surface area contributed by atoms with Crippen molar-refractivity contribution in [2.45, 2.75) is 39.0 Å². The van der Waals surface area contributed by atoms with Gasteiger partial charge >= 0.3 is 0 Å². The Labute approximate surface area is 174 Å². The second kappa shape index (κ2) is 9.69. The van der Waals surface area contributed by atoms with Gasteiger partial charge in [-0.2, -0.15) is 17.0 Å². The predicted molar refractivity (Wildman–Crippen MR) is 115 cm³/mol. The van der Waals surface area contributed by atoms with Crippen molar-refractivity contribution < 1.29 is 13.2 Å². The SMILES string of the molecule is CCN(CC)S(=O)(=O)N1CCC[C@H](c2ccc(Cc3cccc(OC)c3)cn2)C1. The van der Waals surface area contributed by atoms with Gasteiger partial charge in [0.1, 0.15) is 5.75 Å². The number of benzene rings is 1. The van der Waals surface area contributed by atoms with E-state index in [9.17, 15) is 8.42 Å². The summed E-state index contributed by atoms with van der Waals surface area (Å²) in [5.41, 5.74) is 3.28. The summed E-state index contributed by atoms with van der Waals surface area (Å²) >= 11 is 0. The van der Waals surface area contributed by atoms with Gasteiger partial charge in [-0.25, -0.2) is 0 Å². The molecule has 1 aliphatic heterocycles. The Hall–Kier alpha value is -1.96. The first-order valence-corrected chi connectivity index (χ1v) is 11.7. The first kappa shape index (κ1) is 21.7. The monoisotopic (exact) mass is 417 g/mol. The summed E-state index contributed by atoms with van der Waals surface area (Å²) < 4.78 is 34.2. The van der Waals surface area contributed by atoms with E-state index in [2.05, 4.69) is 17.1 Å². The molecule has 0 N–H and O–H groups in total. The van der Waals surface area contributed by atoms with Crippen LogP contribution in [0.2, 0.25) is 0 Å². The molecule has 1 aromatic heterocycles. The van der Waals surface area contributed by atoms with Crippen molar-refractivity contribution in [3.8, 4) is 5.75 Å². The number of piperidine rings is 1. The molecule has 0 radical (unpaired) electrons. The third kappa shape index (κ3) is 5.15. The molecule has 0 bridgehead atoms. The van der Waals surface area contributed by atoms with E-state index in [-0.39, 0.29) is 5.92 Å². The van der Waals surface area contributed by atoms with Crippen LogP contribution in [0.1, 0.15) is 49.4 Å². The highest BCUT2D eigenvalue weighted by Gasteiger charge is 2.33. The van der Waals surface area contributed by atoms with Gasteiger partial charge in [-0.15, -0.1) is 0 Å². The molecule has 0 amide bonds. The summed E-state index contributed by atoms with van der Waals surface area (Å²) in [5, 5.41) is 0. The Morgan fingerprint density at radius 2 is 1.97 bits per heavy atom. The van der Waals surface area contributed by atoms with E-state index in [1.807, 2.05) is 44.3 Å². The molecule has 7 heteroatoms. The summed E-state index contributed by atoms with van der Waals surface area (Å²) in [6.45, 7) is 5.84. The molecule has 1 saturated heterocycles. The van der Waals surface area contributed by atoms with Gasteiger partial charge in [-0.05, 0) is 48.6 Å². The zero-order chi connectivity index (χ0) is 20.9. The smallest absolute Gasteiger partial charge is 0.281 e. The minimum Gasteiger partial charge on any atom is -0.497 e. The number of rotatable bonds is 8. The molecular formula is C22H31N3O3S. The standard InChI is InChI=1S/C22H31N3O3S/c1-4-24(5-2)29(26,27)25-13-7-9-20(17-25)22-12-11-19(16-23-22)14-18-8-6-10-21(15-18)28-3/h6,8,10-12,15-16,20H,4-5,7,9,13-14,17H2,1-3H3/t20-/m0/s1. The molecule has 2 heterocycles. The van der Waals surface area contributed by atoms with Gasteiger partial charge in [0.05, 0.1) is 7.11 Å². The number of pyridine rings is 1. The zero-order valence-electron chi connectivity index (χ0n) is 17.5. The zero-order valence-corrected chi connectivity index (χ0v) is 18.4. The summed E-state index contributed by atoms with van der Waals surface area (Å²) in [6.07, 6.45) is 4.52. The van der Waals surface area contributed by atoms with E-state index in [4.69, 9.17) is 4.74 Å². The second-order valence-electron chi connectivity index (χ2n) is 7.41. The van der Waals surface area contributed by atoms with Crippen LogP contribution in [0.5, 0.6) is 5.75 Å². The lowest BCUT2D eigenvalue weighted by Crippen LogP contribution is -2.47. The average Bonchev–Trinajstić information content (AvgIpc) is 2.75. The van der Waals surface area contributed by atoms with Gasteiger partial charge in [0.2, 0.25) is 0 Å². The maximum atomic E-state index is 12.9. The van der Waals surface area contributed by atoms with Crippen LogP contribution in [-0.2, 0) is 16.6 Å². The molecule has 0 unspecified atom stereocenters. The third-order valence-electron chi connectivity index (χ3n) is 5.55. The van der Waals surface area contributed by atoms with Crippen LogP contribution in [0.15, 0.2) is 42.6 Å². The summed E-state index contributed by atoms with van der Waals surface area (Å²) in [7, 11) is -1.72. The first-order chi connectivity index (χ1) is 14.0. The van der Waals surface area contributed by atoms with Crippen LogP contribution in [0.4, 0.5) is 0 Å². The molecule has 0 aliphatic carbocycles. The molecule has 2 aromatic rings. The molecule has 0 saturated carbocycles. The van der Waals surface area contributed by atoms with E-state index in [0.29, 0.717) is 26.2 Å². The van der Waals surface area contributed by atoms with E-state index >= 15 is 0 Å². The minimum absolute atomic E-state index is 0.139. The first-order valence-electron chi connectivity index (χ1n) is 10.3. The van der Waals surface area contributed by atoms with Gasteiger partial charge < -0.3 is 4.74 Å². The molecule has 1 aliphatic rings. The Morgan fingerprint density at radius 3 is 2.62 bits per heavy atom. The lowest BCUT2D eigenvalue weighted by Gasteiger charge is -2.34. The van der Waals surface area contributed by atoms with Crippen LogP contribution in [0.3, 0.4) is 0 Å². The molecule has 1 fully saturated rings. The van der Waals surface area contributed by atoms with Crippen molar-refractivity contribution in [1.29, 1.82) is 0 Å². The van der Waals surface area contributed by atoms with Crippen molar-refractivity contribution in [2.75, 3.05) is 33.3 Å². The molecule has 0 spiro atoms. The second-order valence-corrected chi connectivity index (χ2v) is 9.34. The van der Waals surface area contributed by atoms with Crippen molar-refractivity contribution in [2.24, 2.45) is 0 Å². The summed E-state index contributed by atoms with van der Waals surface area (Å²) in [5.74, 6) is 0.990. The fourth-order valence-corrected chi connectivity index (χ4v) is 5.61. The summed E-state index contributed by atoms with van der Waals surface area (Å²) in [6, 6.07) is 12.2. The Morgan fingerprint density at radius 1 is 1.17 bits per heavy atom. The quantitative estimate of drug-likeness (QED) is 0.660. The highest BCUT2D eigenvalue weighted by molar-refractivity contribution is 7.86. The molecule has 6 nitrogen and oxygen atoms in total. The predicted octanol–water partition coefficient (Wildman–Crippen LogP) is 3.45. The van der Waals surface area contributed by atoms with Crippen LogP contribution >= 0.6 is 0 Å². The van der Waals surface area contributed by atoms with Crippen LogP contribution in [0, 0.1) is 0 Å². The van der Waals surface area contributed by atoms with Crippen LogP contribution in [-0.4, -0.2) is 55.3 Å². The normalized spacial score (nSPS) is 18.1. The number of hydrogen-bond donors (Lipinski definition) is 0. The molecular weight excluding hydrogens is 386 g/mol. The van der Waals surface area contributed by atoms with Gasteiger partial charge in [0.15, 0.2) is 0 Å².